The highest BCUT2D eigenvalue weighted by Gasteiger charge is 2.18. The molecule has 1 aliphatic rings. The molecule has 0 radical (unpaired) electrons. The van der Waals surface area contributed by atoms with Crippen LogP contribution in [0.2, 0.25) is 0 Å². The van der Waals surface area contributed by atoms with E-state index in [2.05, 4.69) is 6.92 Å². The summed E-state index contributed by atoms with van der Waals surface area (Å²) in [6.45, 7) is 4.96. The van der Waals surface area contributed by atoms with Crippen LogP contribution in [-0.2, 0) is 0 Å². The van der Waals surface area contributed by atoms with Gasteiger partial charge in [0, 0.05) is 26.7 Å². The van der Waals surface area contributed by atoms with Crippen LogP contribution in [0.1, 0.15) is 45.4 Å². The minimum atomic E-state index is 0.227. The van der Waals surface area contributed by atoms with Gasteiger partial charge in [0.05, 0.1) is 0 Å². The third-order valence-electron chi connectivity index (χ3n) is 3.05. The van der Waals surface area contributed by atoms with Gasteiger partial charge >= 0.3 is 6.03 Å². The Labute approximate surface area is 93.4 Å². The van der Waals surface area contributed by atoms with E-state index in [1.54, 1.807) is 0 Å². The predicted octanol–water partition coefficient (Wildman–Crippen LogP) is 2.71. The first-order valence-electron chi connectivity index (χ1n) is 6.25. The summed E-state index contributed by atoms with van der Waals surface area (Å²) in [6.07, 6.45) is 7.17. The van der Waals surface area contributed by atoms with Gasteiger partial charge in [-0.15, -0.1) is 0 Å². The number of nitrogens with zero attached hydrogens (tertiary/aromatic N) is 2. The monoisotopic (exact) mass is 212 g/mol. The van der Waals surface area contributed by atoms with Crippen molar-refractivity contribution in [3.63, 3.8) is 0 Å². The highest BCUT2D eigenvalue weighted by atomic mass is 16.2. The molecule has 3 heteroatoms. The van der Waals surface area contributed by atoms with Crippen molar-refractivity contribution in [3.05, 3.63) is 0 Å². The summed E-state index contributed by atoms with van der Waals surface area (Å²) in [4.78, 5) is 15.9. The van der Waals surface area contributed by atoms with Gasteiger partial charge < -0.3 is 9.80 Å². The summed E-state index contributed by atoms with van der Waals surface area (Å²) in [7, 11) is 1.92. The molecule has 88 valence electrons. The molecule has 2 amide bonds. The molecule has 1 heterocycles. The van der Waals surface area contributed by atoms with Crippen LogP contribution < -0.4 is 0 Å². The molecular weight excluding hydrogens is 188 g/mol. The van der Waals surface area contributed by atoms with Gasteiger partial charge in [-0.2, -0.15) is 0 Å². The third kappa shape index (κ3) is 4.10. The molecule has 0 aromatic heterocycles. The zero-order valence-corrected chi connectivity index (χ0v) is 10.2. The summed E-state index contributed by atoms with van der Waals surface area (Å²) in [5.74, 6) is 0. The van der Waals surface area contributed by atoms with Crippen molar-refractivity contribution in [1.82, 2.24) is 9.80 Å². The van der Waals surface area contributed by atoms with E-state index >= 15 is 0 Å². The molecule has 0 aliphatic carbocycles. The average molecular weight is 212 g/mol. The summed E-state index contributed by atoms with van der Waals surface area (Å²) < 4.78 is 0. The molecule has 1 saturated heterocycles. The first kappa shape index (κ1) is 12.3. The molecule has 0 saturated carbocycles. The Morgan fingerprint density at radius 3 is 2.33 bits per heavy atom. The maximum atomic E-state index is 12.0. The first-order valence-corrected chi connectivity index (χ1v) is 6.25. The minimum absolute atomic E-state index is 0.227. The van der Waals surface area contributed by atoms with Crippen LogP contribution >= 0.6 is 0 Å². The second-order valence-corrected chi connectivity index (χ2v) is 4.46. The lowest BCUT2D eigenvalue weighted by Gasteiger charge is -2.27. The number of carbonyl (C=O) groups excluding carboxylic acids is 1. The fraction of sp³-hybridized carbons (Fsp3) is 0.917. The number of rotatable bonds is 3. The van der Waals surface area contributed by atoms with Crippen molar-refractivity contribution < 1.29 is 4.79 Å². The van der Waals surface area contributed by atoms with Gasteiger partial charge in [-0.1, -0.05) is 26.2 Å². The van der Waals surface area contributed by atoms with Gasteiger partial charge in [0.15, 0.2) is 0 Å². The number of amides is 2. The van der Waals surface area contributed by atoms with Crippen LogP contribution in [0.3, 0.4) is 0 Å². The Bertz CT molecular complexity index is 186. The van der Waals surface area contributed by atoms with Crippen molar-refractivity contribution >= 4 is 6.03 Å². The van der Waals surface area contributed by atoms with Crippen LogP contribution in [0.4, 0.5) is 4.79 Å². The number of likely N-dealkylation sites (tertiary alicyclic amines) is 1. The molecular formula is C12H24N2O. The van der Waals surface area contributed by atoms with Crippen molar-refractivity contribution in [2.24, 2.45) is 0 Å². The maximum absolute atomic E-state index is 12.0. The van der Waals surface area contributed by atoms with Crippen LogP contribution in [0.5, 0.6) is 0 Å². The zero-order chi connectivity index (χ0) is 11.1. The Morgan fingerprint density at radius 1 is 1.20 bits per heavy atom. The summed E-state index contributed by atoms with van der Waals surface area (Å²) in [6, 6.07) is 0.227. The van der Waals surface area contributed by atoms with Gasteiger partial charge in [-0.3, -0.25) is 0 Å². The van der Waals surface area contributed by atoms with Crippen LogP contribution in [0.25, 0.3) is 0 Å². The van der Waals surface area contributed by atoms with E-state index in [0.29, 0.717) is 0 Å². The fourth-order valence-electron chi connectivity index (χ4n) is 1.99. The summed E-state index contributed by atoms with van der Waals surface area (Å²) in [5, 5.41) is 0. The largest absolute Gasteiger partial charge is 0.328 e. The number of hydrogen-bond acceptors (Lipinski definition) is 1. The normalized spacial score (nSPS) is 17.3. The lowest BCUT2D eigenvalue weighted by Crippen LogP contribution is -2.42. The number of urea groups is 1. The van der Waals surface area contributed by atoms with Gasteiger partial charge in [-0.25, -0.2) is 4.79 Å². The minimum Gasteiger partial charge on any atom is -0.328 e. The number of carbonyl (C=O) groups is 1. The Kier molecular flexibility index (Phi) is 5.51. The smallest absolute Gasteiger partial charge is 0.319 e. The molecule has 1 fully saturated rings. The third-order valence-corrected chi connectivity index (χ3v) is 3.05. The summed E-state index contributed by atoms with van der Waals surface area (Å²) >= 11 is 0. The highest BCUT2D eigenvalue weighted by Crippen LogP contribution is 2.11. The lowest BCUT2D eigenvalue weighted by molar-refractivity contribution is 0.164. The zero-order valence-electron chi connectivity index (χ0n) is 10.2. The number of unbranched alkanes of at least 4 members (excludes halogenated alkanes) is 1. The second kappa shape index (κ2) is 6.70. The predicted molar refractivity (Wildman–Crippen MR) is 63.0 cm³/mol. The molecule has 15 heavy (non-hydrogen) atoms. The molecule has 0 spiro atoms. The van der Waals surface area contributed by atoms with E-state index in [1.807, 2.05) is 16.8 Å². The van der Waals surface area contributed by atoms with Crippen molar-refractivity contribution in [2.45, 2.75) is 45.4 Å². The van der Waals surface area contributed by atoms with Crippen LogP contribution in [-0.4, -0.2) is 42.5 Å². The molecule has 0 bridgehead atoms. The van der Waals surface area contributed by atoms with E-state index < -0.39 is 0 Å². The van der Waals surface area contributed by atoms with Crippen LogP contribution in [0, 0.1) is 0 Å². The average Bonchev–Trinajstić information content (AvgIpc) is 2.53. The van der Waals surface area contributed by atoms with E-state index in [9.17, 15) is 4.79 Å². The molecule has 1 rings (SSSR count). The highest BCUT2D eigenvalue weighted by molar-refractivity contribution is 5.74. The Balaban J connectivity index is 2.35. The SMILES string of the molecule is CCCCN(C)C(=O)N1CCCCCC1. The standard InChI is InChI=1S/C12H24N2O/c1-3-4-9-13(2)12(15)14-10-7-5-6-8-11-14/h3-11H2,1-2H3. The molecule has 1 aliphatic heterocycles. The van der Waals surface area contributed by atoms with E-state index in [1.165, 1.54) is 25.7 Å². The molecule has 0 N–H and O–H groups in total. The molecule has 3 nitrogen and oxygen atoms in total. The van der Waals surface area contributed by atoms with Gasteiger partial charge in [0.1, 0.15) is 0 Å². The van der Waals surface area contributed by atoms with Gasteiger partial charge in [0.2, 0.25) is 0 Å². The molecule has 0 atom stereocenters. The Hall–Kier alpha value is -0.730. The lowest BCUT2D eigenvalue weighted by atomic mass is 10.2. The van der Waals surface area contributed by atoms with Crippen molar-refractivity contribution in [2.75, 3.05) is 26.7 Å². The van der Waals surface area contributed by atoms with Crippen LogP contribution in [0.15, 0.2) is 0 Å². The first-order chi connectivity index (χ1) is 7.25. The Morgan fingerprint density at radius 2 is 1.80 bits per heavy atom. The maximum Gasteiger partial charge on any atom is 0.319 e. The van der Waals surface area contributed by atoms with Gasteiger partial charge in [-0.05, 0) is 19.3 Å². The van der Waals surface area contributed by atoms with Crippen molar-refractivity contribution in [3.8, 4) is 0 Å². The molecule has 0 unspecified atom stereocenters. The van der Waals surface area contributed by atoms with E-state index in [4.69, 9.17) is 0 Å². The second-order valence-electron chi connectivity index (χ2n) is 4.46. The van der Waals surface area contributed by atoms with E-state index in [-0.39, 0.29) is 6.03 Å². The van der Waals surface area contributed by atoms with E-state index in [0.717, 1.165) is 32.5 Å². The molecule has 0 aromatic rings. The topological polar surface area (TPSA) is 23.6 Å². The van der Waals surface area contributed by atoms with Crippen molar-refractivity contribution in [1.29, 1.82) is 0 Å². The quantitative estimate of drug-likeness (QED) is 0.705. The van der Waals surface area contributed by atoms with Gasteiger partial charge in [0.25, 0.3) is 0 Å². The number of hydrogen-bond donors (Lipinski definition) is 0. The fourth-order valence-corrected chi connectivity index (χ4v) is 1.99. The summed E-state index contributed by atoms with van der Waals surface area (Å²) in [5.41, 5.74) is 0. The molecule has 0 aromatic carbocycles.